The number of carbonyl (C=O) groups is 1. The standard InChI is InChI=1S/C32H28F5N7O4S2/c1-44(2)15-16-48-22-11-9-20(10-12-22)40-30-38-14-13-25(41-30)28-27(42-31(49-28)43-50(46,47)18-32(35,36)37)19-5-3-6-21(17-19)39-29(45)26-23(33)7-4-8-24(26)34/h3-14,17H,15-16,18H2,1-2H3,(H,39,45)(H,42,43)(H,38,40,41). The van der Waals surface area contributed by atoms with Crippen molar-refractivity contribution in [2.24, 2.45) is 0 Å². The highest BCUT2D eigenvalue weighted by Gasteiger charge is 2.36. The summed E-state index contributed by atoms with van der Waals surface area (Å²) in [5, 5.41) is 5.08. The van der Waals surface area contributed by atoms with Crippen molar-refractivity contribution in [3.8, 4) is 27.6 Å². The summed E-state index contributed by atoms with van der Waals surface area (Å²) in [6.45, 7) is 1.23. The molecule has 0 radical (unpaired) electrons. The molecule has 11 nitrogen and oxygen atoms in total. The van der Waals surface area contributed by atoms with Crippen LogP contribution in [0.25, 0.3) is 21.8 Å². The van der Waals surface area contributed by atoms with Crippen molar-refractivity contribution in [1.29, 1.82) is 0 Å². The number of anilines is 4. The van der Waals surface area contributed by atoms with E-state index in [1.54, 1.807) is 24.3 Å². The number of sulfonamides is 1. The zero-order valence-corrected chi connectivity index (χ0v) is 27.9. The van der Waals surface area contributed by atoms with Gasteiger partial charge in [-0.3, -0.25) is 9.52 Å². The van der Waals surface area contributed by atoms with Crippen molar-refractivity contribution in [2.45, 2.75) is 6.18 Å². The molecule has 5 rings (SSSR count). The van der Waals surface area contributed by atoms with E-state index in [0.29, 0.717) is 29.4 Å². The molecule has 0 saturated carbocycles. The van der Waals surface area contributed by atoms with E-state index in [-0.39, 0.29) is 38.6 Å². The Hall–Kier alpha value is -5.20. The van der Waals surface area contributed by atoms with E-state index >= 15 is 0 Å². The number of rotatable bonds is 13. The fourth-order valence-electron chi connectivity index (χ4n) is 4.43. The minimum Gasteiger partial charge on any atom is -0.492 e. The lowest BCUT2D eigenvalue weighted by atomic mass is 10.1. The van der Waals surface area contributed by atoms with Crippen LogP contribution < -0.4 is 20.1 Å². The molecule has 3 aromatic carbocycles. The first-order valence-electron chi connectivity index (χ1n) is 14.6. The summed E-state index contributed by atoms with van der Waals surface area (Å²) in [6, 6.07) is 17.3. The van der Waals surface area contributed by atoms with Crippen LogP contribution in [0, 0.1) is 11.6 Å². The average Bonchev–Trinajstić information content (AvgIpc) is 3.44. The largest absolute Gasteiger partial charge is 0.492 e. The number of likely N-dealkylation sites (N-methyl/N-ethyl adjacent to an activating group) is 1. The molecule has 0 saturated heterocycles. The lowest BCUT2D eigenvalue weighted by Gasteiger charge is -2.11. The van der Waals surface area contributed by atoms with Crippen LogP contribution in [0.3, 0.4) is 0 Å². The molecule has 18 heteroatoms. The molecule has 0 aliphatic rings. The van der Waals surface area contributed by atoms with Crippen molar-refractivity contribution in [3.63, 3.8) is 0 Å². The molecular formula is C32H28F5N7O4S2. The van der Waals surface area contributed by atoms with Gasteiger partial charge in [0.25, 0.3) is 5.91 Å². The molecule has 0 spiro atoms. The number of nitrogens with zero attached hydrogens (tertiary/aromatic N) is 4. The normalized spacial score (nSPS) is 11.8. The molecule has 2 aromatic heterocycles. The van der Waals surface area contributed by atoms with Gasteiger partial charge in [-0.1, -0.05) is 29.5 Å². The molecule has 5 aromatic rings. The number of hydrogen-bond acceptors (Lipinski definition) is 10. The van der Waals surface area contributed by atoms with E-state index in [1.807, 2.05) is 23.7 Å². The monoisotopic (exact) mass is 733 g/mol. The lowest BCUT2D eigenvalue weighted by Crippen LogP contribution is -2.27. The third-order valence-corrected chi connectivity index (χ3v) is 8.95. The van der Waals surface area contributed by atoms with Gasteiger partial charge >= 0.3 is 6.18 Å². The maximum atomic E-state index is 14.2. The van der Waals surface area contributed by atoms with Gasteiger partial charge in [0, 0.05) is 29.7 Å². The van der Waals surface area contributed by atoms with E-state index in [2.05, 4.69) is 25.6 Å². The minimum atomic E-state index is -5.01. The van der Waals surface area contributed by atoms with Crippen molar-refractivity contribution < 1.29 is 39.9 Å². The van der Waals surface area contributed by atoms with Crippen molar-refractivity contribution in [3.05, 3.63) is 96.2 Å². The van der Waals surface area contributed by atoms with Crippen LogP contribution in [0.4, 0.5) is 44.4 Å². The van der Waals surface area contributed by atoms with Crippen LogP contribution in [0.5, 0.6) is 5.75 Å². The van der Waals surface area contributed by atoms with Crippen LogP contribution >= 0.6 is 11.3 Å². The number of nitrogens with one attached hydrogen (secondary N) is 3. The van der Waals surface area contributed by atoms with E-state index in [4.69, 9.17) is 4.74 Å². The summed E-state index contributed by atoms with van der Waals surface area (Å²) in [7, 11) is -1.03. The third-order valence-electron chi connectivity index (χ3n) is 6.61. The minimum absolute atomic E-state index is 0.0803. The quantitative estimate of drug-likeness (QED) is 0.112. The fourth-order valence-corrected chi connectivity index (χ4v) is 6.60. The van der Waals surface area contributed by atoms with Crippen LogP contribution in [-0.4, -0.2) is 73.4 Å². The van der Waals surface area contributed by atoms with Gasteiger partial charge < -0.3 is 20.3 Å². The highest BCUT2D eigenvalue weighted by molar-refractivity contribution is 7.92. The molecule has 50 heavy (non-hydrogen) atoms. The maximum Gasteiger partial charge on any atom is 0.404 e. The van der Waals surface area contributed by atoms with Crippen LogP contribution in [0.2, 0.25) is 0 Å². The zero-order valence-electron chi connectivity index (χ0n) is 26.3. The SMILES string of the molecule is CN(C)CCOc1ccc(Nc2nccc(-c3sc(NS(=O)(=O)CC(F)(F)F)nc3-c3cccc(NC(=O)c4c(F)cccc4F)c3)n2)cc1. The number of amides is 1. The highest BCUT2D eigenvalue weighted by Crippen LogP contribution is 2.40. The summed E-state index contributed by atoms with van der Waals surface area (Å²) in [6.07, 6.45) is -3.59. The molecule has 0 aliphatic heterocycles. The van der Waals surface area contributed by atoms with Crippen LogP contribution in [0.1, 0.15) is 10.4 Å². The number of alkyl halides is 3. The predicted molar refractivity (Wildman–Crippen MR) is 180 cm³/mol. The average molecular weight is 734 g/mol. The Kier molecular flexibility index (Phi) is 10.9. The number of aromatic nitrogens is 3. The summed E-state index contributed by atoms with van der Waals surface area (Å²) < 4.78 is 99.6. The van der Waals surface area contributed by atoms with Crippen molar-refractivity contribution in [2.75, 3.05) is 48.4 Å². The highest BCUT2D eigenvalue weighted by atomic mass is 32.2. The van der Waals surface area contributed by atoms with E-state index in [1.165, 1.54) is 36.5 Å². The molecule has 1 amide bonds. The maximum absolute atomic E-state index is 14.2. The van der Waals surface area contributed by atoms with Crippen molar-refractivity contribution in [1.82, 2.24) is 19.9 Å². The van der Waals surface area contributed by atoms with Crippen molar-refractivity contribution >= 4 is 49.7 Å². The smallest absolute Gasteiger partial charge is 0.404 e. The van der Waals surface area contributed by atoms with Gasteiger partial charge in [-0.15, -0.1) is 0 Å². The first kappa shape index (κ1) is 36.1. The second-order valence-corrected chi connectivity index (χ2v) is 13.6. The Morgan fingerprint density at radius 2 is 1.64 bits per heavy atom. The number of benzene rings is 3. The topological polar surface area (TPSA) is 138 Å². The molecule has 0 unspecified atom stereocenters. The lowest BCUT2D eigenvalue weighted by molar-refractivity contribution is -0.106. The molecule has 3 N–H and O–H groups in total. The second-order valence-electron chi connectivity index (χ2n) is 10.9. The molecule has 2 heterocycles. The van der Waals surface area contributed by atoms with Gasteiger partial charge in [-0.2, -0.15) is 13.2 Å². The summed E-state index contributed by atoms with van der Waals surface area (Å²) in [5.74, 6) is -4.58. The Morgan fingerprint density at radius 1 is 0.940 bits per heavy atom. The first-order chi connectivity index (χ1) is 23.7. The first-order valence-corrected chi connectivity index (χ1v) is 17.0. The van der Waals surface area contributed by atoms with E-state index in [0.717, 1.165) is 24.7 Å². The van der Waals surface area contributed by atoms with Gasteiger partial charge in [-0.25, -0.2) is 32.2 Å². The van der Waals surface area contributed by atoms with Gasteiger partial charge in [0.15, 0.2) is 10.9 Å². The Morgan fingerprint density at radius 3 is 2.32 bits per heavy atom. The number of halogens is 5. The number of ether oxygens (including phenoxy) is 1. The molecule has 0 fully saturated rings. The Bertz CT molecular complexity index is 2070. The van der Waals surface area contributed by atoms with Gasteiger partial charge in [0.05, 0.1) is 16.3 Å². The number of thiazole rings is 1. The summed E-state index contributed by atoms with van der Waals surface area (Å²) >= 11 is 0.714. The van der Waals surface area contributed by atoms with E-state index in [9.17, 15) is 35.2 Å². The van der Waals surface area contributed by atoms with Gasteiger partial charge in [-0.05, 0) is 68.7 Å². The Balaban J connectivity index is 1.46. The Labute approximate surface area is 287 Å². The van der Waals surface area contributed by atoms with Crippen LogP contribution in [0.15, 0.2) is 79.0 Å². The fraction of sp³-hybridized carbons (Fsp3) is 0.188. The zero-order chi connectivity index (χ0) is 36.1. The third kappa shape index (κ3) is 9.70. The molecule has 0 atom stereocenters. The molecule has 0 bridgehead atoms. The number of hydrogen-bond donors (Lipinski definition) is 3. The molecular weight excluding hydrogens is 706 g/mol. The molecule has 0 aliphatic carbocycles. The second kappa shape index (κ2) is 15.1. The van der Waals surface area contributed by atoms with Gasteiger partial charge in [0.1, 0.15) is 29.6 Å². The van der Waals surface area contributed by atoms with Crippen LogP contribution in [-0.2, 0) is 10.0 Å². The predicted octanol–water partition coefficient (Wildman–Crippen LogP) is 6.79. The summed E-state index contributed by atoms with van der Waals surface area (Å²) in [5.41, 5.74) is 0.470. The van der Waals surface area contributed by atoms with E-state index < -0.39 is 45.1 Å². The summed E-state index contributed by atoms with van der Waals surface area (Å²) in [4.78, 5) is 28.0. The van der Waals surface area contributed by atoms with Gasteiger partial charge in [0.2, 0.25) is 16.0 Å². The number of carbonyl (C=O) groups excluding carboxylic acids is 1. The molecule has 262 valence electrons.